The number of hydrogen-bond acceptors (Lipinski definition) is 8. The average molecular weight is 852 g/mol. The van der Waals surface area contributed by atoms with Gasteiger partial charge < -0.3 is 27.9 Å². The second-order valence-electron chi connectivity index (χ2n) is 17.1. The largest absolute Gasteiger partial charge is 0.756 e. The third-order valence-corrected chi connectivity index (χ3v) is 11.1. The smallest absolute Gasteiger partial charge is 0.306 e. The number of phosphoric acid groups is 1. The zero-order chi connectivity index (χ0) is 43.6. The zero-order valence-corrected chi connectivity index (χ0v) is 39.6. The summed E-state index contributed by atoms with van der Waals surface area (Å²) < 4.78 is 34.0. The van der Waals surface area contributed by atoms with E-state index in [4.69, 9.17) is 18.5 Å². The minimum Gasteiger partial charge on any atom is -0.756 e. The highest BCUT2D eigenvalue weighted by molar-refractivity contribution is 7.45. The Kier molecular flexibility index (Phi) is 39.9. The van der Waals surface area contributed by atoms with Crippen molar-refractivity contribution < 1.29 is 42.1 Å². The van der Waals surface area contributed by atoms with Crippen LogP contribution < -0.4 is 4.89 Å². The molecule has 59 heavy (non-hydrogen) atoms. The summed E-state index contributed by atoms with van der Waals surface area (Å²) in [5.41, 5.74) is 0. The van der Waals surface area contributed by atoms with Crippen molar-refractivity contribution in [3.8, 4) is 0 Å². The topological polar surface area (TPSA) is 111 Å². The molecule has 0 aliphatic rings. The van der Waals surface area contributed by atoms with Gasteiger partial charge in [0.1, 0.15) is 19.8 Å². The fraction of sp³-hybridized carbons (Fsp3) is 0.796. The molecule has 0 bridgehead atoms. The second kappa shape index (κ2) is 41.3. The van der Waals surface area contributed by atoms with Crippen LogP contribution in [0.15, 0.2) is 48.6 Å². The van der Waals surface area contributed by atoms with E-state index < -0.39 is 26.5 Å². The fourth-order valence-electron chi connectivity index (χ4n) is 6.41. The van der Waals surface area contributed by atoms with Gasteiger partial charge in [-0.25, -0.2) is 0 Å². The molecular formula is C49H90NO8P. The minimum absolute atomic E-state index is 0.0328. The van der Waals surface area contributed by atoms with Crippen molar-refractivity contribution in [2.75, 3.05) is 47.5 Å². The standard InChI is InChI=1S/C49H90NO8P/c1-6-8-10-12-14-16-18-20-22-23-24-25-26-27-28-30-32-34-36-38-40-42-49(52)58-47(46-57-59(53,54)56-44-43-50(3,4)5)45-55-48(51)41-39-37-35-33-31-29-21-19-17-15-13-11-9-7-2/h8,10,14,16,20,22,24-25,47H,6-7,9,11-13,15,17-19,21,23,26-46H2,1-5H3/b10-8-,16-14-,22-20-,25-24-. The molecule has 0 N–H and O–H groups in total. The Balaban J connectivity index is 4.30. The Bertz CT molecular complexity index is 1150. The van der Waals surface area contributed by atoms with Gasteiger partial charge in [-0.05, 0) is 51.4 Å². The van der Waals surface area contributed by atoms with Crippen molar-refractivity contribution in [3.05, 3.63) is 48.6 Å². The number of carbonyl (C=O) groups excluding carboxylic acids is 2. The average Bonchev–Trinajstić information content (AvgIpc) is 3.19. The van der Waals surface area contributed by atoms with Gasteiger partial charge >= 0.3 is 11.9 Å². The molecule has 0 aromatic heterocycles. The number of quaternary nitrogens is 1. The molecule has 0 saturated carbocycles. The molecule has 2 unspecified atom stereocenters. The summed E-state index contributed by atoms with van der Waals surface area (Å²) in [5, 5.41) is 0. The summed E-state index contributed by atoms with van der Waals surface area (Å²) in [7, 11) is 1.16. The summed E-state index contributed by atoms with van der Waals surface area (Å²) in [6.45, 7) is 4.12. The number of likely N-dealkylation sites (N-methyl/N-ethyl adjacent to an activating group) is 1. The Morgan fingerprint density at radius 2 is 0.966 bits per heavy atom. The molecule has 0 saturated heterocycles. The highest BCUT2D eigenvalue weighted by atomic mass is 31.2. The molecule has 344 valence electrons. The summed E-state index contributed by atoms with van der Waals surface area (Å²) in [5.74, 6) is -0.839. The Morgan fingerprint density at radius 1 is 0.542 bits per heavy atom. The Morgan fingerprint density at radius 3 is 1.44 bits per heavy atom. The third-order valence-electron chi connectivity index (χ3n) is 10.1. The van der Waals surface area contributed by atoms with Crippen molar-refractivity contribution in [2.45, 2.75) is 206 Å². The number of nitrogens with zero attached hydrogens (tertiary/aromatic N) is 1. The van der Waals surface area contributed by atoms with Crippen LogP contribution in [0.4, 0.5) is 0 Å². The van der Waals surface area contributed by atoms with Gasteiger partial charge in [-0.2, -0.15) is 0 Å². The highest BCUT2D eigenvalue weighted by Crippen LogP contribution is 2.38. The molecule has 0 fully saturated rings. The van der Waals surface area contributed by atoms with Crippen molar-refractivity contribution in [1.82, 2.24) is 0 Å². The van der Waals surface area contributed by atoms with E-state index >= 15 is 0 Å². The first-order chi connectivity index (χ1) is 28.5. The van der Waals surface area contributed by atoms with Gasteiger partial charge in [0.15, 0.2) is 6.10 Å². The summed E-state index contributed by atoms with van der Waals surface area (Å²) in [6, 6.07) is 0. The zero-order valence-electron chi connectivity index (χ0n) is 38.7. The van der Waals surface area contributed by atoms with E-state index in [2.05, 4.69) is 62.5 Å². The van der Waals surface area contributed by atoms with Crippen LogP contribution >= 0.6 is 7.82 Å². The molecule has 0 aliphatic heterocycles. The van der Waals surface area contributed by atoms with Crippen molar-refractivity contribution in [3.63, 3.8) is 0 Å². The van der Waals surface area contributed by atoms with Crippen LogP contribution in [0.25, 0.3) is 0 Å². The van der Waals surface area contributed by atoms with Crippen LogP contribution in [-0.2, 0) is 32.7 Å². The van der Waals surface area contributed by atoms with E-state index in [1.54, 1.807) is 0 Å². The lowest BCUT2D eigenvalue weighted by Gasteiger charge is -2.28. The number of rotatable bonds is 43. The maximum Gasteiger partial charge on any atom is 0.306 e. The summed E-state index contributed by atoms with van der Waals surface area (Å²) in [6.07, 6.45) is 48.4. The molecule has 0 aliphatic carbocycles. The minimum atomic E-state index is -4.63. The van der Waals surface area contributed by atoms with Gasteiger partial charge in [0, 0.05) is 12.8 Å². The van der Waals surface area contributed by atoms with E-state index in [1.165, 1.54) is 96.3 Å². The number of unbranched alkanes of at least 4 members (excludes halogenated alkanes) is 21. The van der Waals surface area contributed by atoms with Crippen LogP contribution in [0.1, 0.15) is 200 Å². The van der Waals surface area contributed by atoms with Crippen molar-refractivity contribution in [1.29, 1.82) is 0 Å². The molecule has 0 aromatic carbocycles. The normalized spacial score (nSPS) is 13.9. The number of allylic oxidation sites excluding steroid dienone is 8. The monoisotopic (exact) mass is 852 g/mol. The first kappa shape index (κ1) is 57.0. The predicted octanol–water partition coefficient (Wildman–Crippen LogP) is 13.2. The molecule has 2 atom stereocenters. The van der Waals surface area contributed by atoms with E-state index in [9.17, 15) is 19.0 Å². The van der Waals surface area contributed by atoms with Crippen molar-refractivity contribution in [2.24, 2.45) is 0 Å². The quantitative estimate of drug-likeness (QED) is 0.0196. The van der Waals surface area contributed by atoms with Gasteiger partial charge in [-0.1, -0.05) is 184 Å². The molecule has 0 spiro atoms. The van der Waals surface area contributed by atoms with Crippen LogP contribution in [0, 0.1) is 0 Å². The molecule has 0 aromatic rings. The molecule has 9 nitrogen and oxygen atoms in total. The first-order valence-corrected chi connectivity index (χ1v) is 25.3. The van der Waals surface area contributed by atoms with Gasteiger partial charge in [0.05, 0.1) is 27.7 Å². The second-order valence-corrected chi connectivity index (χ2v) is 18.5. The Hall–Kier alpha value is -2.03. The molecule has 10 heteroatoms. The van der Waals surface area contributed by atoms with Crippen LogP contribution in [0.3, 0.4) is 0 Å². The summed E-state index contributed by atoms with van der Waals surface area (Å²) in [4.78, 5) is 37.6. The van der Waals surface area contributed by atoms with Gasteiger partial charge in [0.25, 0.3) is 7.82 Å². The number of hydrogen-bond donors (Lipinski definition) is 0. The van der Waals surface area contributed by atoms with Gasteiger partial charge in [-0.3, -0.25) is 14.2 Å². The van der Waals surface area contributed by atoms with Crippen LogP contribution in [0.2, 0.25) is 0 Å². The molecule has 0 heterocycles. The first-order valence-electron chi connectivity index (χ1n) is 23.8. The third kappa shape index (κ3) is 45.3. The maximum absolute atomic E-state index is 12.7. The van der Waals surface area contributed by atoms with Crippen LogP contribution in [0.5, 0.6) is 0 Å². The maximum atomic E-state index is 12.7. The van der Waals surface area contributed by atoms with E-state index in [-0.39, 0.29) is 32.0 Å². The number of phosphoric ester groups is 1. The van der Waals surface area contributed by atoms with Crippen molar-refractivity contribution >= 4 is 19.8 Å². The van der Waals surface area contributed by atoms with Crippen LogP contribution in [-0.4, -0.2) is 70.0 Å². The lowest BCUT2D eigenvalue weighted by molar-refractivity contribution is -0.870. The van der Waals surface area contributed by atoms with E-state index in [0.29, 0.717) is 17.4 Å². The SMILES string of the molecule is CC/C=C\C/C=C\C/C=C\C/C=C\CCCCCCCCCCC(=O)OC(COC(=O)CCCCCCCCCCCCCCCC)COP(=O)([O-])OCC[N+](C)(C)C. The van der Waals surface area contributed by atoms with Gasteiger partial charge in [-0.15, -0.1) is 0 Å². The number of ether oxygens (including phenoxy) is 2. The highest BCUT2D eigenvalue weighted by Gasteiger charge is 2.21. The summed E-state index contributed by atoms with van der Waals surface area (Å²) >= 11 is 0. The fourth-order valence-corrected chi connectivity index (χ4v) is 7.14. The van der Waals surface area contributed by atoms with E-state index in [0.717, 1.165) is 70.6 Å². The molecular weight excluding hydrogens is 762 g/mol. The molecule has 0 radical (unpaired) electrons. The molecule has 0 rings (SSSR count). The molecule has 0 amide bonds. The Labute approximate surface area is 363 Å². The predicted molar refractivity (Wildman–Crippen MR) is 245 cm³/mol. The van der Waals surface area contributed by atoms with Gasteiger partial charge in [0.2, 0.25) is 0 Å². The number of esters is 2. The lowest BCUT2D eigenvalue weighted by atomic mass is 10.0. The van der Waals surface area contributed by atoms with E-state index in [1.807, 2.05) is 21.1 Å². The lowest BCUT2D eigenvalue weighted by Crippen LogP contribution is -2.37. The number of carbonyl (C=O) groups is 2.